The molecule has 7 heteroatoms. The van der Waals surface area contributed by atoms with E-state index in [1.54, 1.807) is 6.07 Å². The molecule has 0 bridgehead atoms. The van der Waals surface area contributed by atoms with E-state index in [-0.39, 0.29) is 11.6 Å². The van der Waals surface area contributed by atoms with Gasteiger partial charge in [0.1, 0.15) is 23.0 Å². The number of anilines is 1. The summed E-state index contributed by atoms with van der Waals surface area (Å²) in [4.78, 5) is 25.7. The zero-order chi connectivity index (χ0) is 18.1. The molecule has 0 unspecified atom stereocenters. The Labute approximate surface area is 150 Å². The van der Waals surface area contributed by atoms with E-state index >= 15 is 0 Å². The molecule has 0 aliphatic carbocycles. The lowest BCUT2D eigenvalue weighted by molar-refractivity contribution is 0.0920. The molecular formula is C19H20FN5O. The van der Waals surface area contributed by atoms with Crippen molar-refractivity contribution >= 4 is 17.2 Å². The lowest BCUT2D eigenvalue weighted by Gasteiger charge is -2.35. The van der Waals surface area contributed by atoms with Gasteiger partial charge in [0, 0.05) is 32.4 Å². The fourth-order valence-electron chi connectivity index (χ4n) is 3.42. The van der Waals surface area contributed by atoms with Crippen LogP contribution in [-0.4, -0.2) is 57.8 Å². The molecule has 0 atom stereocenters. The summed E-state index contributed by atoms with van der Waals surface area (Å²) in [6.07, 6.45) is 3.11. The van der Waals surface area contributed by atoms with Crippen LogP contribution < -0.4 is 4.90 Å². The zero-order valence-corrected chi connectivity index (χ0v) is 14.6. The maximum atomic E-state index is 13.0. The Morgan fingerprint density at radius 2 is 1.96 bits per heavy atom. The Balaban J connectivity index is 1.41. The van der Waals surface area contributed by atoms with Crippen molar-refractivity contribution in [2.75, 3.05) is 37.6 Å². The highest BCUT2D eigenvalue weighted by Crippen LogP contribution is 2.16. The highest BCUT2D eigenvalue weighted by Gasteiger charge is 2.23. The minimum absolute atomic E-state index is 0.0783. The van der Waals surface area contributed by atoms with E-state index in [1.165, 1.54) is 12.3 Å². The van der Waals surface area contributed by atoms with Crippen LogP contribution in [0.4, 0.5) is 10.2 Å². The molecule has 4 heterocycles. The van der Waals surface area contributed by atoms with Crippen molar-refractivity contribution < 1.29 is 9.18 Å². The number of fused-ring (bicyclic) bond motifs is 1. The van der Waals surface area contributed by atoms with Crippen molar-refractivity contribution in [3.8, 4) is 0 Å². The molecule has 6 nitrogen and oxygen atoms in total. The number of carbonyl (C=O) groups excluding carboxylic acids is 1. The molecule has 0 radical (unpaired) electrons. The summed E-state index contributed by atoms with van der Waals surface area (Å²) < 4.78 is 14.9. The van der Waals surface area contributed by atoms with Gasteiger partial charge in [-0.25, -0.2) is 14.4 Å². The van der Waals surface area contributed by atoms with Crippen LogP contribution in [0.15, 0.2) is 42.7 Å². The van der Waals surface area contributed by atoms with Crippen molar-refractivity contribution in [3.63, 3.8) is 0 Å². The topological polar surface area (TPSA) is 53.7 Å². The molecule has 1 aliphatic rings. The number of carbonyl (C=O) groups is 1. The second-order valence-corrected chi connectivity index (χ2v) is 6.50. The Kier molecular flexibility index (Phi) is 4.38. The second kappa shape index (κ2) is 6.84. The number of piperazine rings is 1. The molecule has 0 amide bonds. The number of ketones is 1. The molecule has 3 aromatic rings. The average Bonchev–Trinajstić information content (AvgIpc) is 2.99. The summed E-state index contributed by atoms with van der Waals surface area (Å²) in [5.74, 6) is 0.519. The number of rotatable bonds is 4. The average molecular weight is 353 g/mol. The van der Waals surface area contributed by atoms with Crippen LogP contribution in [0.25, 0.3) is 5.65 Å². The van der Waals surface area contributed by atoms with Gasteiger partial charge in [-0.2, -0.15) is 0 Å². The van der Waals surface area contributed by atoms with Gasteiger partial charge in [-0.15, -0.1) is 0 Å². The summed E-state index contributed by atoms with van der Waals surface area (Å²) in [7, 11) is 0. The predicted molar refractivity (Wildman–Crippen MR) is 97.1 cm³/mol. The lowest BCUT2D eigenvalue weighted by atomic mass is 10.2. The zero-order valence-electron chi connectivity index (χ0n) is 14.6. The minimum atomic E-state index is -0.332. The second-order valence-electron chi connectivity index (χ2n) is 6.50. The number of imidazole rings is 1. The maximum Gasteiger partial charge on any atom is 0.195 e. The number of aromatic nitrogens is 3. The van der Waals surface area contributed by atoms with Crippen molar-refractivity contribution in [3.05, 3.63) is 59.9 Å². The first-order valence-corrected chi connectivity index (χ1v) is 8.67. The van der Waals surface area contributed by atoms with Gasteiger partial charge >= 0.3 is 0 Å². The van der Waals surface area contributed by atoms with Crippen molar-refractivity contribution in [2.24, 2.45) is 0 Å². The predicted octanol–water partition coefficient (Wildman–Crippen LogP) is 2.18. The molecule has 1 aliphatic heterocycles. The third-order valence-corrected chi connectivity index (χ3v) is 4.74. The fourth-order valence-corrected chi connectivity index (χ4v) is 3.42. The van der Waals surface area contributed by atoms with Gasteiger partial charge in [0.25, 0.3) is 0 Å². The molecular weight excluding hydrogens is 333 g/mol. The van der Waals surface area contributed by atoms with Crippen LogP contribution in [-0.2, 0) is 0 Å². The van der Waals surface area contributed by atoms with E-state index in [0.717, 1.165) is 43.3 Å². The third kappa shape index (κ3) is 3.17. The number of hydrogen-bond acceptors (Lipinski definition) is 5. The van der Waals surface area contributed by atoms with E-state index in [4.69, 9.17) is 0 Å². The molecule has 0 spiro atoms. The molecule has 26 heavy (non-hydrogen) atoms. The molecule has 134 valence electrons. The van der Waals surface area contributed by atoms with Crippen molar-refractivity contribution in [1.29, 1.82) is 0 Å². The monoisotopic (exact) mass is 353 g/mol. The van der Waals surface area contributed by atoms with E-state index in [9.17, 15) is 9.18 Å². The first kappa shape index (κ1) is 16.7. The van der Waals surface area contributed by atoms with Gasteiger partial charge in [0.05, 0.1) is 18.4 Å². The number of Topliss-reactive ketones (excluding diaryl/α,β-unsaturated/α-hetero) is 1. The van der Waals surface area contributed by atoms with Crippen molar-refractivity contribution in [1.82, 2.24) is 19.3 Å². The van der Waals surface area contributed by atoms with Gasteiger partial charge in [-0.1, -0.05) is 6.07 Å². The van der Waals surface area contributed by atoms with Crippen molar-refractivity contribution in [2.45, 2.75) is 6.92 Å². The number of halogens is 1. The number of nitrogens with zero attached hydrogens (tertiary/aromatic N) is 5. The number of aryl methyl sites for hydroxylation is 1. The number of pyridine rings is 2. The van der Waals surface area contributed by atoms with Gasteiger partial charge in [0.2, 0.25) is 0 Å². The first-order chi connectivity index (χ1) is 12.6. The Hall–Kier alpha value is -2.80. The highest BCUT2D eigenvalue weighted by atomic mass is 19.1. The summed E-state index contributed by atoms with van der Waals surface area (Å²) in [6.45, 7) is 5.30. The smallest absolute Gasteiger partial charge is 0.195 e. The first-order valence-electron chi connectivity index (χ1n) is 8.67. The van der Waals surface area contributed by atoms with E-state index in [2.05, 4.69) is 19.8 Å². The largest absolute Gasteiger partial charge is 0.354 e. The normalized spacial score (nSPS) is 15.5. The van der Waals surface area contributed by atoms with Crippen LogP contribution in [0.1, 0.15) is 16.2 Å². The van der Waals surface area contributed by atoms with E-state index in [1.807, 2.05) is 35.7 Å². The van der Waals surface area contributed by atoms with E-state index in [0.29, 0.717) is 12.2 Å². The van der Waals surface area contributed by atoms with Crippen LogP contribution in [0.2, 0.25) is 0 Å². The van der Waals surface area contributed by atoms with Gasteiger partial charge in [-0.3, -0.25) is 14.1 Å². The minimum Gasteiger partial charge on any atom is -0.354 e. The van der Waals surface area contributed by atoms with Gasteiger partial charge in [-0.05, 0) is 31.2 Å². The molecule has 4 rings (SSSR count). The number of hydrogen-bond donors (Lipinski definition) is 0. The molecule has 0 N–H and O–H groups in total. The quantitative estimate of drug-likeness (QED) is 0.673. The Bertz CT molecular complexity index is 929. The molecule has 0 aromatic carbocycles. The third-order valence-electron chi connectivity index (χ3n) is 4.74. The Morgan fingerprint density at radius 1 is 1.15 bits per heavy atom. The fraction of sp³-hybridized carbons (Fsp3) is 0.316. The molecule has 1 saturated heterocycles. The molecule has 1 fully saturated rings. The maximum absolute atomic E-state index is 13.0. The van der Waals surface area contributed by atoms with Gasteiger partial charge < -0.3 is 4.90 Å². The summed E-state index contributed by atoms with van der Waals surface area (Å²) >= 11 is 0. The summed E-state index contributed by atoms with van der Waals surface area (Å²) in [5, 5.41) is 0. The molecule has 0 saturated carbocycles. The highest BCUT2D eigenvalue weighted by molar-refractivity contribution is 5.98. The summed E-state index contributed by atoms with van der Waals surface area (Å²) in [5.41, 5.74) is 2.21. The van der Waals surface area contributed by atoms with Crippen LogP contribution >= 0.6 is 0 Å². The van der Waals surface area contributed by atoms with Gasteiger partial charge in [0.15, 0.2) is 5.78 Å². The van der Waals surface area contributed by atoms with Crippen LogP contribution in [0.5, 0.6) is 0 Å². The Morgan fingerprint density at radius 3 is 2.69 bits per heavy atom. The van der Waals surface area contributed by atoms with Crippen LogP contribution in [0, 0.1) is 12.7 Å². The molecule has 3 aromatic heterocycles. The SMILES string of the molecule is Cc1nc2ccccn2c1C(=O)CN1CCN(c2ccc(F)cn2)CC1. The lowest BCUT2D eigenvalue weighted by Crippen LogP contribution is -2.48. The summed E-state index contributed by atoms with van der Waals surface area (Å²) in [6, 6.07) is 8.83. The van der Waals surface area contributed by atoms with E-state index < -0.39 is 0 Å². The van der Waals surface area contributed by atoms with Crippen LogP contribution in [0.3, 0.4) is 0 Å². The standard InChI is InChI=1S/C19H20FN5O/c1-14-19(25-7-3-2-4-18(25)22-14)16(26)13-23-8-10-24(11-9-23)17-6-5-15(20)12-21-17/h2-7,12H,8-11,13H2,1H3.